The number of aliphatic carboxylic acids is 1. The topological polar surface area (TPSA) is 54.4 Å². The molecule has 0 saturated heterocycles. The number of ketones is 1. The number of hydrogen-bond donors (Lipinski definition) is 1. The van der Waals surface area contributed by atoms with Crippen molar-refractivity contribution in [1.82, 2.24) is 0 Å². The first kappa shape index (κ1) is 8.94. The highest BCUT2D eigenvalue weighted by Crippen LogP contribution is 2.31. The van der Waals surface area contributed by atoms with Crippen LogP contribution in [0.5, 0.6) is 0 Å². The van der Waals surface area contributed by atoms with E-state index in [0.29, 0.717) is 24.0 Å². The second-order valence-electron chi connectivity index (χ2n) is 3.44. The van der Waals surface area contributed by atoms with Crippen LogP contribution in [0.25, 0.3) is 0 Å². The van der Waals surface area contributed by atoms with Gasteiger partial charge in [0.15, 0.2) is 5.78 Å². The summed E-state index contributed by atoms with van der Waals surface area (Å²) in [6, 6.07) is 6.96. The Balaban J connectivity index is 2.52. The predicted octanol–water partition coefficient (Wildman–Crippen LogP) is 1.83. The van der Waals surface area contributed by atoms with Crippen LogP contribution in [0.4, 0.5) is 0 Å². The fourth-order valence-corrected chi connectivity index (χ4v) is 1.88. The van der Waals surface area contributed by atoms with Crippen LogP contribution in [0.3, 0.4) is 0 Å². The smallest absolute Gasteiger partial charge is 0.311 e. The average molecular weight is 190 g/mol. The summed E-state index contributed by atoms with van der Waals surface area (Å²) in [5.74, 6) is -1.30. The molecule has 1 N–H and O–H groups in total. The third kappa shape index (κ3) is 1.31. The van der Waals surface area contributed by atoms with Gasteiger partial charge in [-0.3, -0.25) is 9.59 Å². The normalized spacial score (nSPS) is 20.3. The SMILES string of the molecule is O=C1CC[C@H](C(=O)O)c2ccccc21. The van der Waals surface area contributed by atoms with E-state index in [-0.39, 0.29) is 5.78 Å². The summed E-state index contributed by atoms with van der Waals surface area (Å²) < 4.78 is 0. The third-order valence-electron chi connectivity index (χ3n) is 2.59. The van der Waals surface area contributed by atoms with Crippen LogP contribution >= 0.6 is 0 Å². The van der Waals surface area contributed by atoms with Crippen LogP contribution in [-0.2, 0) is 4.79 Å². The highest BCUT2D eigenvalue weighted by molar-refractivity contribution is 6.00. The fraction of sp³-hybridized carbons (Fsp3) is 0.273. The van der Waals surface area contributed by atoms with Crippen LogP contribution in [0, 0.1) is 0 Å². The zero-order valence-electron chi connectivity index (χ0n) is 7.56. The predicted molar refractivity (Wildman–Crippen MR) is 50.4 cm³/mol. The Bertz CT molecular complexity index is 395. The second-order valence-corrected chi connectivity index (χ2v) is 3.44. The number of hydrogen-bond acceptors (Lipinski definition) is 2. The van der Waals surface area contributed by atoms with Crippen molar-refractivity contribution in [3.63, 3.8) is 0 Å². The van der Waals surface area contributed by atoms with Gasteiger partial charge in [0.05, 0.1) is 5.92 Å². The lowest BCUT2D eigenvalue weighted by Crippen LogP contribution is -2.21. The van der Waals surface area contributed by atoms with E-state index in [4.69, 9.17) is 5.11 Å². The largest absolute Gasteiger partial charge is 0.481 e. The van der Waals surface area contributed by atoms with Crippen molar-refractivity contribution >= 4 is 11.8 Å². The van der Waals surface area contributed by atoms with Gasteiger partial charge in [0.2, 0.25) is 0 Å². The molecule has 14 heavy (non-hydrogen) atoms. The lowest BCUT2D eigenvalue weighted by molar-refractivity contribution is -0.139. The van der Waals surface area contributed by atoms with Gasteiger partial charge in [0.25, 0.3) is 0 Å². The first-order chi connectivity index (χ1) is 6.70. The van der Waals surface area contributed by atoms with E-state index >= 15 is 0 Å². The van der Waals surface area contributed by atoms with Crippen molar-refractivity contribution in [2.45, 2.75) is 18.8 Å². The van der Waals surface area contributed by atoms with Gasteiger partial charge in [0.1, 0.15) is 0 Å². The number of Topliss-reactive ketones (excluding diaryl/α,β-unsaturated/α-hetero) is 1. The lowest BCUT2D eigenvalue weighted by Gasteiger charge is -2.20. The van der Waals surface area contributed by atoms with Crippen LogP contribution < -0.4 is 0 Å². The Morgan fingerprint density at radius 3 is 2.79 bits per heavy atom. The minimum absolute atomic E-state index is 0.0538. The molecule has 2 rings (SSSR count). The van der Waals surface area contributed by atoms with Gasteiger partial charge >= 0.3 is 5.97 Å². The minimum atomic E-state index is -0.843. The molecule has 72 valence electrons. The molecule has 0 fully saturated rings. The molecule has 0 radical (unpaired) electrons. The lowest BCUT2D eigenvalue weighted by atomic mass is 9.82. The number of carboxylic acid groups (broad SMARTS) is 1. The summed E-state index contributed by atoms with van der Waals surface area (Å²) in [5.41, 5.74) is 1.24. The summed E-state index contributed by atoms with van der Waals surface area (Å²) in [7, 11) is 0. The third-order valence-corrected chi connectivity index (χ3v) is 2.59. The van der Waals surface area contributed by atoms with Crippen LogP contribution in [-0.4, -0.2) is 16.9 Å². The van der Waals surface area contributed by atoms with Gasteiger partial charge in [-0.1, -0.05) is 24.3 Å². The fourth-order valence-electron chi connectivity index (χ4n) is 1.88. The van der Waals surface area contributed by atoms with E-state index in [9.17, 15) is 9.59 Å². The molecule has 1 atom stereocenters. The van der Waals surface area contributed by atoms with Crippen molar-refractivity contribution in [3.05, 3.63) is 35.4 Å². The Kier molecular flexibility index (Phi) is 2.08. The minimum Gasteiger partial charge on any atom is -0.481 e. The first-order valence-electron chi connectivity index (χ1n) is 4.55. The van der Waals surface area contributed by atoms with E-state index in [1.54, 1.807) is 24.3 Å². The zero-order chi connectivity index (χ0) is 10.1. The van der Waals surface area contributed by atoms with E-state index < -0.39 is 11.9 Å². The molecule has 0 saturated carbocycles. The monoisotopic (exact) mass is 190 g/mol. The van der Waals surface area contributed by atoms with E-state index in [2.05, 4.69) is 0 Å². The second kappa shape index (κ2) is 3.25. The van der Waals surface area contributed by atoms with Gasteiger partial charge in [0, 0.05) is 12.0 Å². The van der Waals surface area contributed by atoms with Gasteiger partial charge in [-0.15, -0.1) is 0 Å². The summed E-state index contributed by atoms with van der Waals surface area (Å²) >= 11 is 0. The van der Waals surface area contributed by atoms with Crippen molar-refractivity contribution in [3.8, 4) is 0 Å². The van der Waals surface area contributed by atoms with Gasteiger partial charge < -0.3 is 5.11 Å². The molecule has 0 heterocycles. The Morgan fingerprint density at radius 1 is 1.36 bits per heavy atom. The standard InChI is InChI=1S/C11H10O3/c12-10-6-5-9(11(13)14)7-3-1-2-4-8(7)10/h1-4,9H,5-6H2,(H,13,14)/t9-/m0/s1. The van der Waals surface area contributed by atoms with Crippen molar-refractivity contribution in [2.75, 3.05) is 0 Å². The molecule has 1 aromatic rings. The number of rotatable bonds is 1. The van der Waals surface area contributed by atoms with E-state index in [1.807, 2.05) is 0 Å². The van der Waals surface area contributed by atoms with Gasteiger partial charge in [-0.25, -0.2) is 0 Å². The Hall–Kier alpha value is -1.64. The summed E-state index contributed by atoms with van der Waals surface area (Å²) in [4.78, 5) is 22.4. The van der Waals surface area contributed by atoms with Gasteiger partial charge in [-0.2, -0.15) is 0 Å². The molecule has 0 aliphatic heterocycles. The molecule has 0 bridgehead atoms. The molecule has 1 aromatic carbocycles. The molecule has 0 unspecified atom stereocenters. The maximum absolute atomic E-state index is 11.5. The molecule has 0 spiro atoms. The summed E-state index contributed by atoms with van der Waals surface area (Å²) in [6.45, 7) is 0. The highest BCUT2D eigenvalue weighted by atomic mass is 16.4. The van der Waals surface area contributed by atoms with Crippen molar-refractivity contribution in [1.29, 1.82) is 0 Å². The first-order valence-corrected chi connectivity index (χ1v) is 4.55. The molecular weight excluding hydrogens is 180 g/mol. The molecule has 1 aliphatic rings. The van der Waals surface area contributed by atoms with Crippen molar-refractivity contribution < 1.29 is 14.7 Å². The molecule has 0 amide bonds. The molecule has 0 aromatic heterocycles. The van der Waals surface area contributed by atoms with Crippen LogP contribution in [0.1, 0.15) is 34.7 Å². The number of carbonyl (C=O) groups is 2. The molecule has 1 aliphatic carbocycles. The van der Waals surface area contributed by atoms with E-state index in [1.165, 1.54) is 0 Å². The Labute approximate surface area is 81.4 Å². The maximum Gasteiger partial charge on any atom is 0.311 e. The van der Waals surface area contributed by atoms with Gasteiger partial charge in [-0.05, 0) is 12.0 Å². The highest BCUT2D eigenvalue weighted by Gasteiger charge is 2.29. The number of benzene rings is 1. The molecule has 3 heteroatoms. The number of carbonyl (C=O) groups excluding carboxylic acids is 1. The summed E-state index contributed by atoms with van der Waals surface area (Å²) in [5, 5.41) is 8.96. The Morgan fingerprint density at radius 2 is 2.07 bits per heavy atom. The average Bonchev–Trinajstić information content (AvgIpc) is 2.18. The maximum atomic E-state index is 11.5. The molecule has 3 nitrogen and oxygen atoms in total. The number of fused-ring (bicyclic) bond motifs is 1. The molecular formula is C11H10O3. The van der Waals surface area contributed by atoms with Crippen molar-refractivity contribution in [2.24, 2.45) is 0 Å². The van der Waals surface area contributed by atoms with Crippen LogP contribution in [0.15, 0.2) is 24.3 Å². The van der Waals surface area contributed by atoms with Crippen LogP contribution in [0.2, 0.25) is 0 Å². The quantitative estimate of drug-likeness (QED) is 0.735. The number of carboxylic acids is 1. The summed E-state index contributed by atoms with van der Waals surface area (Å²) in [6.07, 6.45) is 0.763. The zero-order valence-corrected chi connectivity index (χ0v) is 7.56. The van der Waals surface area contributed by atoms with E-state index in [0.717, 1.165) is 0 Å².